The van der Waals surface area contributed by atoms with E-state index in [9.17, 15) is 19.8 Å². The van der Waals surface area contributed by atoms with Gasteiger partial charge in [0.1, 0.15) is 48.7 Å². The van der Waals surface area contributed by atoms with Crippen molar-refractivity contribution in [3.63, 3.8) is 0 Å². The maximum atomic E-state index is 13.1. The summed E-state index contributed by atoms with van der Waals surface area (Å²) in [4.78, 5) is 67.7. The normalized spacial score (nSPS) is 16.9. The summed E-state index contributed by atoms with van der Waals surface area (Å²) in [5.41, 5.74) is 4.66. The van der Waals surface area contributed by atoms with Crippen molar-refractivity contribution in [1.82, 2.24) is 49.7 Å². The third-order valence-corrected chi connectivity index (χ3v) is 14.7. The Hall–Kier alpha value is -7.52. The maximum Gasteiger partial charge on any atom is 0.219 e. The number of H-pyrrole nitrogens is 2. The molecule has 0 radical (unpaired) electrons. The van der Waals surface area contributed by atoms with Crippen molar-refractivity contribution in [2.45, 2.75) is 103 Å². The monoisotopic (exact) mass is 1050 g/mol. The van der Waals surface area contributed by atoms with Gasteiger partial charge in [0, 0.05) is 76.9 Å². The Balaban J connectivity index is 0.736. The van der Waals surface area contributed by atoms with Crippen LogP contribution in [0.2, 0.25) is 0 Å². The molecule has 404 valence electrons. The molecule has 20 heteroatoms. The molecule has 2 saturated heterocycles. The second kappa shape index (κ2) is 24.2. The van der Waals surface area contributed by atoms with E-state index in [-0.39, 0.29) is 56.3 Å². The Kier molecular flexibility index (Phi) is 16.6. The molecule has 3 unspecified atom stereocenters. The lowest BCUT2D eigenvalue weighted by Gasteiger charge is -2.27. The van der Waals surface area contributed by atoms with E-state index in [1.807, 2.05) is 86.6 Å². The molecule has 0 aliphatic carbocycles. The second-order valence-corrected chi connectivity index (χ2v) is 20.1. The number of hydrogen-bond donors (Lipinski definition) is 4. The number of imidazole rings is 2. The molecular formula is C57H68N12O8. The number of carbonyl (C=O) groups excluding carboxylic acids is 2. The van der Waals surface area contributed by atoms with Crippen molar-refractivity contribution in [3.8, 4) is 11.5 Å². The summed E-state index contributed by atoms with van der Waals surface area (Å²) in [5, 5.41) is 25.0. The highest BCUT2D eigenvalue weighted by Gasteiger charge is 2.31. The highest BCUT2D eigenvalue weighted by atomic mass is 16.5. The molecular weight excluding hydrogens is 981 g/mol. The number of aliphatic hydroxyl groups is 2. The van der Waals surface area contributed by atoms with Gasteiger partial charge in [-0.1, -0.05) is 60.7 Å². The molecule has 20 nitrogen and oxygen atoms in total. The smallest absolute Gasteiger partial charge is 0.219 e. The molecule has 2 aliphatic rings. The Bertz CT molecular complexity index is 3320. The Labute approximate surface area is 446 Å². The summed E-state index contributed by atoms with van der Waals surface area (Å²) in [5.74, 6) is 3.48. The predicted octanol–water partition coefficient (Wildman–Crippen LogP) is 6.52. The highest BCUT2D eigenvalue weighted by Crippen LogP contribution is 2.35. The lowest BCUT2D eigenvalue weighted by atomic mass is 10.0. The molecule has 0 bridgehead atoms. The molecule has 4 aromatic carbocycles. The van der Waals surface area contributed by atoms with Gasteiger partial charge in [0.05, 0.1) is 49.9 Å². The van der Waals surface area contributed by atoms with Gasteiger partial charge in [-0.05, 0) is 73.6 Å². The average molecular weight is 1050 g/mol. The van der Waals surface area contributed by atoms with Crippen molar-refractivity contribution >= 4 is 67.3 Å². The number of anilines is 2. The Morgan fingerprint density at radius 3 is 1.84 bits per heavy atom. The van der Waals surface area contributed by atoms with E-state index in [1.165, 1.54) is 13.8 Å². The minimum atomic E-state index is -0.936. The molecule has 2 aliphatic heterocycles. The molecule has 4 N–H and O–H groups in total. The number of hydrogen-bond acceptors (Lipinski definition) is 16. The fourth-order valence-electron chi connectivity index (χ4n) is 10.9. The molecule has 77 heavy (non-hydrogen) atoms. The molecule has 4 aromatic heterocycles. The van der Waals surface area contributed by atoms with Crippen molar-refractivity contribution in [2.24, 2.45) is 0 Å². The van der Waals surface area contributed by atoms with Crippen LogP contribution in [-0.4, -0.2) is 161 Å². The molecule has 10 rings (SSSR count). The van der Waals surface area contributed by atoms with E-state index in [2.05, 4.69) is 39.7 Å². The first-order valence-electron chi connectivity index (χ1n) is 26.7. The zero-order valence-corrected chi connectivity index (χ0v) is 44.2. The van der Waals surface area contributed by atoms with Crippen LogP contribution >= 0.6 is 0 Å². The summed E-state index contributed by atoms with van der Waals surface area (Å²) in [7, 11) is 0. The largest absolute Gasteiger partial charge is 0.491 e. The maximum absolute atomic E-state index is 13.1. The molecule has 8 aromatic rings. The number of nitrogens with one attached hydrogen (secondary N) is 2. The molecule has 2 amide bonds. The fourth-order valence-corrected chi connectivity index (χ4v) is 10.9. The van der Waals surface area contributed by atoms with E-state index in [0.717, 1.165) is 100 Å². The van der Waals surface area contributed by atoms with Gasteiger partial charge in [-0.15, -0.1) is 0 Å². The van der Waals surface area contributed by atoms with Crippen LogP contribution in [-0.2, 0) is 38.6 Å². The third-order valence-electron chi connectivity index (χ3n) is 14.7. The quantitative estimate of drug-likeness (QED) is 0.0504. The summed E-state index contributed by atoms with van der Waals surface area (Å²) in [6, 6.07) is 24.2. The number of ether oxygens (including phenoxy) is 4. The van der Waals surface area contributed by atoms with Gasteiger partial charge in [0.15, 0.2) is 28.4 Å². The summed E-state index contributed by atoms with van der Waals surface area (Å²) >= 11 is 0. The zero-order chi connectivity index (χ0) is 53.4. The number of benzene rings is 4. The number of aromatic amines is 2. The van der Waals surface area contributed by atoms with Crippen LogP contribution in [0, 0.1) is 0 Å². The predicted molar refractivity (Wildman–Crippen MR) is 293 cm³/mol. The number of aliphatic hydroxyl groups excluding tert-OH is 2. The van der Waals surface area contributed by atoms with Crippen molar-refractivity contribution < 1.29 is 38.7 Å². The van der Waals surface area contributed by atoms with Gasteiger partial charge in [0.25, 0.3) is 0 Å². The minimum Gasteiger partial charge on any atom is -0.491 e. The lowest BCUT2D eigenvalue weighted by molar-refractivity contribution is -0.132. The van der Waals surface area contributed by atoms with E-state index in [4.69, 9.17) is 28.9 Å². The van der Waals surface area contributed by atoms with Crippen LogP contribution in [0.15, 0.2) is 91.8 Å². The van der Waals surface area contributed by atoms with Crippen LogP contribution in [0.1, 0.15) is 70.3 Å². The Morgan fingerprint density at radius 2 is 1.27 bits per heavy atom. The second-order valence-electron chi connectivity index (χ2n) is 20.1. The van der Waals surface area contributed by atoms with Gasteiger partial charge in [-0.3, -0.25) is 9.59 Å². The number of aromatic nitrogens is 8. The zero-order valence-electron chi connectivity index (χ0n) is 44.2. The van der Waals surface area contributed by atoms with Crippen LogP contribution in [0.3, 0.4) is 0 Å². The summed E-state index contributed by atoms with van der Waals surface area (Å²) in [6.07, 6.45) is 7.33. The minimum absolute atomic E-state index is 0.0203. The molecule has 5 atom stereocenters. The number of amides is 2. The molecule has 0 spiro atoms. The SMILES string of the molecule is CCOC(CO)CN(Cc1ccc(OC[C@H]2CCCN2c2ncnc3[nH]c(CC(C)OCC(O)CN(Cc4ccc(OC[C@H]5CCCN5c5ncnc6[nH]cnc56)c5ccccc45)C(C)=O)nc23)c2ccccc12)C(C)=O. The standard InChI is InChI=1S/C57H68N12O8/c1-5-74-44(29-70)28-67(38(4)72)26-40-19-21-50(48-17-9-7-15-46(40)48)77-31-42-13-11-23-69(42)57-53-55(61-35-63-57)65-51(64-53)24-36(2)75-32-43(73)27-66(37(3)71)25-39-18-20-49(47-16-8-6-14-45(39)47)76-30-41-12-10-22-68(41)56-52-54(59-33-58-52)60-34-62-56/h6-9,14-21,33-36,41-44,70,73H,5,10-13,22-32H2,1-4H3,(H,58,59,60,62)(H,61,63,64,65)/t36?,41-,42-,43?,44?/m1/s1. The summed E-state index contributed by atoms with van der Waals surface area (Å²) < 4.78 is 25.0. The topological polar surface area (TPSA) is 233 Å². The van der Waals surface area contributed by atoms with E-state index < -0.39 is 12.2 Å². The lowest BCUT2D eigenvalue weighted by Crippen LogP contribution is -2.38. The van der Waals surface area contributed by atoms with Gasteiger partial charge in [0.2, 0.25) is 11.8 Å². The first kappa shape index (κ1) is 52.9. The number of rotatable bonds is 24. The fraction of sp³-hybridized carbons (Fsp3) is 0.439. The van der Waals surface area contributed by atoms with E-state index >= 15 is 0 Å². The van der Waals surface area contributed by atoms with Crippen LogP contribution in [0.4, 0.5) is 11.6 Å². The summed E-state index contributed by atoms with van der Waals surface area (Å²) in [6.45, 7) is 10.7. The molecule has 0 saturated carbocycles. The average Bonchev–Trinajstić information content (AvgIpc) is 4.35. The molecule has 6 heterocycles. The van der Waals surface area contributed by atoms with Gasteiger partial charge < -0.3 is 58.7 Å². The number of carbonyl (C=O) groups is 2. The first-order chi connectivity index (χ1) is 37.5. The van der Waals surface area contributed by atoms with Crippen LogP contribution in [0.5, 0.6) is 11.5 Å². The van der Waals surface area contributed by atoms with Gasteiger partial charge >= 0.3 is 0 Å². The van der Waals surface area contributed by atoms with Crippen molar-refractivity contribution in [3.05, 3.63) is 109 Å². The van der Waals surface area contributed by atoms with Crippen molar-refractivity contribution in [1.29, 1.82) is 0 Å². The first-order valence-corrected chi connectivity index (χ1v) is 26.7. The van der Waals surface area contributed by atoms with Gasteiger partial charge in [-0.25, -0.2) is 29.9 Å². The van der Waals surface area contributed by atoms with Crippen LogP contribution in [0.25, 0.3) is 43.9 Å². The third kappa shape index (κ3) is 12.1. The van der Waals surface area contributed by atoms with Crippen LogP contribution < -0.4 is 19.3 Å². The number of fused-ring (bicyclic) bond motifs is 4. The highest BCUT2D eigenvalue weighted by molar-refractivity contribution is 5.92. The molecule has 2 fully saturated rings. The van der Waals surface area contributed by atoms with E-state index in [0.29, 0.717) is 62.0 Å². The Morgan fingerprint density at radius 1 is 0.714 bits per heavy atom. The van der Waals surface area contributed by atoms with Gasteiger partial charge in [-0.2, -0.15) is 0 Å². The number of nitrogens with zero attached hydrogens (tertiary/aromatic N) is 10. The van der Waals surface area contributed by atoms with Crippen molar-refractivity contribution in [2.75, 3.05) is 69.0 Å². The van der Waals surface area contributed by atoms with E-state index in [1.54, 1.807) is 28.8 Å².